The summed E-state index contributed by atoms with van der Waals surface area (Å²) >= 11 is 0. The van der Waals surface area contributed by atoms with Gasteiger partial charge in [0.2, 0.25) is 0 Å². The van der Waals surface area contributed by atoms with E-state index >= 15 is 0 Å². The molecule has 1 aliphatic heterocycles. The van der Waals surface area contributed by atoms with Crippen molar-refractivity contribution in [1.29, 1.82) is 0 Å². The summed E-state index contributed by atoms with van der Waals surface area (Å²) in [7, 11) is 1.98. The van der Waals surface area contributed by atoms with E-state index in [1.807, 2.05) is 84.4 Å². The topological polar surface area (TPSA) is 65.7 Å². The highest BCUT2D eigenvalue weighted by molar-refractivity contribution is 5.75. The molecule has 0 bridgehead atoms. The number of aryl methyl sites for hydroxylation is 1. The zero-order valence-electron chi connectivity index (χ0n) is 16.6. The average molecular weight is 402 g/mol. The smallest absolute Gasteiger partial charge is 0.163 e. The zero-order chi connectivity index (χ0) is 20.5. The first-order valence-electron chi connectivity index (χ1n) is 9.89. The Morgan fingerprint density at radius 3 is 2.67 bits per heavy atom. The lowest BCUT2D eigenvalue weighted by Gasteiger charge is -2.30. The van der Waals surface area contributed by atoms with Crippen molar-refractivity contribution < 1.29 is 19.3 Å². The molecule has 0 aliphatic carbocycles. The molecule has 3 aromatic carbocycles. The number of imidazole rings is 1. The van der Waals surface area contributed by atoms with Gasteiger partial charge in [0.1, 0.15) is 42.4 Å². The highest BCUT2D eigenvalue weighted by Gasteiger charge is 2.31. The maximum Gasteiger partial charge on any atom is 0.163 e. The number of benzene rings is 3. The standard InChI is InChI=1S/C24H22N2O4/c1-26-20-10-6-5-9-19(20)25-23(26)15-28-17-11-12-21-18(13-17)24(27)22(14-29-21)30-16-7-3-2-4-8-16/h2-13,22,24,27H,14-15H2,1H3/t22-,24+/m0/s1. The van der Waals surface area contributed by atoms with E-state index in [4.69, 9.17) is 14.2 Å². The molecule has 1 aromatic heterocycles. The number of para-hydroxylation sites is 3. The number of fused-ring (bicyclic) bond motifs is 2. The fraction of sp³-hybridized carbons (Fsp3) is 0.208. The number of aliphatic hydroxyl groups is 1. The first kappa shape index (κ1) is 18.5. The lowest BCUT2D eigenvalue weighted by atomic mass is 10.0. The van der Waals surface area contributed by atoms with Gasteiger partial charge in [0.25, 0.3) is 0 Å². The second-order valence-electron chi connectivity index (χ2n) is 7.29. The quantitative estimate of drug-likeness (QED) is 0.546. The summed E-state index contributed by atoms with van der Waals surface area (Å²) in [4.78, 5) is 4.63. The maximum absolute atomic E-state index is 10.9. The van der Waals surface area contributed by atoms with Gasteiger partial charge in [0.05, 0.1) is 11.0 Å². The van der Waals surface area contributed by atoms with E-state index in [1.54, 1.807) is 0 Å². The molecule has 0 saturated heterocycles. The molecule has 4 aromatic rings. The molecule has 0 saturated carbocycles. The Morgan fingerprint density at radius 2 is 1.83 bits per heavy atom. The van der Waals surface area contributed by atoms with E-state index in [0.29, 0.717) is 29.4 Å². The van der Waals surface area contributed by atoms with Gasteiger partial charge in [0, 0.05) is 12.6 Å². The first-order valence-corrected chi connectivity index (χ1v) is 9.89. The molecule has 6 heteroatoms. The molecular weight excluding hydrogens is 380 g/mol. The maximum atomic E-state index is 10.9. The molecule has 6 nitrogen and oxygen atoms in total. The Morgan fingerprint density at radius 1 is 1.03 bits per heavy atom. The Hall–Kier alpha value is -3.51. The molecule has 30 heavy (non-hydrogen) atoms. The van der Waals surface area contributed by atoms with Crippen molar-refractivity contribution in [1.82, 2.24) is 9.55 Å². The largest absolute Gasteiger partial charge is 0.489 e. The Labute approximate surface area is 174 Å². The normalized spacial score (nSPS) is 17.9. The first-order chi connectivity index (χ1) is 14.7. The third kappa shape index (κ3) is 3.46. The summed E-state index contributed by atoms with van der Waals surface area (Å²) in [6, 6.07) is 22.9. The van der Waals surface area contributed by atoms with Crippen molar-refractivity contribution in [2.24, 2.45) is 7.05 Å². The van der Waals surface area contributed by atoms with Crippen molar-refractivity contribution >= 4 is 11.0 Å². The van der Waals surface area contributed by atoms with Crippen LogP contribution in [0.1, 0.15) is 17.5 Å². The Balaban J connectivity index is 1.33. The molecule has 2 heterocycles. The van der Waals surface area contributed by atoms with Crippen molar-refractivity contribution in [2.45, 2.75) is 18.8 Å². The minimum atomic E-state index is -0.812. The summed E-state index contributed by atoms with van der Waals surface area (Å²) in [5.41, 5.74) is 2.66. The fourth-order valence-electron chi connectivity index (χ4n) is 3.69. The Kier molecular flexibility index (Phi) is 4.77. The number of hydrogen-bond donors (Lipinski definition) is 1. The second-order valence-corrected chi connectivity index (χ2v) is 7.29. The molecular formula is C24H22N2O4. The summed E-state index contributed by atoms with van der Waals surface area (Å²) in [6.45, 7) is 0.605. The number of ether oxygens (including phenoxy) is 3. The van der Waals surface area contributed by atoms with E-state index in [0.717, 1.165) is 16.9 Å². The van der Waals surface area contributed by atoms with E-state index in [-0.39, 0.29) is 6.61 Å². The molecule has 0 fully saturated rings. The molecule has 1 aliphatic rings. The third-order valence-electron chi connectivity index (χ3n) is 5.33. The summed E-state index contributed by atoms with van der Waals surface area (Å²) in [5.74, 6) is 2.81. The van der Waals surface area contributed by atoms with Gasteiger partial charge >= 0.3 is 0 Å². The number of hydrogen-bond acceptors (Lipinski definition) is 5. The van der Waals surface area contributed by atoms with Crippen LogP contribution in [0.4, 0.5) is 0 Å². The van der Waals surface area contributed by atoms with Gasteiger partial charge in [0.15, 0.2) is 6.10 Å². The lowest BCUT2D eigenvalue weighted by molar-refractivity contribution is -0.0104. The van der Waals surface area contributed by atoms with Crippen LogP contribution in [0.3, 0.4) is 0 Å². The van der Waals surface area contributed by atoms with Crippen molar-refractivity contribution in [3.63, 3.8) is 0 Å². The predicted molar refractivity (Wildman–Crippen MR) is 113 cm³/mol. The molecule has 2 atom stereocenters. The molecule has 0 spiro atoms. The molecule has 0 unspecified atom stereocenters. The molecule has 152 valence electrons. The van der Waals surface area contributed by atoms with Crippen LogP contribution in [0.2, 0.25) is 0 Å². The third-order valence-corrected chi connectivity index (χ3v) is 5.33. The minimum absolute atomic E-state index is 0.281. The van der Waals surface area contributed by atoms with E-state index in [1.165, 1.54) is 0 Å². The van der Waals surface area contributed by atoms with Gasteiger partial charge in [-0.25, -0.2) is 4.98 Å². The van der Waals surface area contributed by atoms with Gasteiger partial charge in [-0.05, 0) is 42.5 Å². The number of aliphatic hydroxyl groups excluding tert-OH is 1. The van der Waals surface area contributed by atoms with Crippen LogP contribution in [0, 0.1) is 0 Å². The zero-order valence-corrected chi connectivity index (χ0v) is 16.6. The molecule has 5 rings (SSSR count). The van der Waals surface area contributed by atoms with Gasteiger partial charge < -0.3 is 23.9 Å². The Bertz CT molecular complexity index is 1170. The second kappa shape index (κ2) is 7.72. The van der Waals surface area contributed by atoms with Crippen molar-refractivity contribution in [3.05, 3.63) is 84.2 Å². The summed E-state index contributed by atoms with van der Waals surface area (Å²) < 4.78 is 19.7. The van der Waals surface area contributed by atoms with Crippen LogP contribution in [-0.4, -0.2) is 27.4 Å². The van der Waals surface area contributed by atoms with Crippen molar-refractivity contribution in [3.8, 4) is 17.2 Å². The average Bonchev–Trinajstić information content (AvgIpc) is 3.11. The fourth-order valence-corrected chi connectivity index (χ4v) is 3.69. The number of nitrogens with zero attached hydrogens (tertiary/aromatic N) is 2. The summed E-state index contributed by atoms with van der Waals surface area (Å²) in [6.07, 6.45) is -1.30. The van der Waals surface area contributed by atoms with E-state index in [2.05, 4.69) is 4.98 Å². The van der Waals surface area contributed by atoms with Crippen LogP contribution in [-0.2, 0) is 13.7 Å². The van der Waals surface area contributed by atoms with Gasteiger partial charge in [-0.2, -0.15) is 0 Å². The molecule has 0 radical (unpaired) electrons. The van der Waals surface area contributed by atoms with Gasteiger partial charge in [-0.1, -0.05) is 30.3 Å². The predicted octanol–water partition coefficient (Wildman–Crippen LogP) is 4.03. The monoisotopic (exact) mass is 402 g/mol. The molecule has 1 N–H and O–H groups in total. The number of rotatable bonds is 5. The van der Waals surface area contributed by atoms with Crippen molar-refractivity contribution in [2.75, 3.05) is 6.61 Å². The van der Waals surface area contributed by atoms with Crippen LogP contribution in [0.15, 0.2) is 72.8 Å². The summed E-state index contributed by atoms with van der Waals surface area (Å²) in [5, 5.41) is 10.9. The highest BCUT2D eigenvalue weighted by Crippen LogP contribution is 2.36. The van der Waals surface area contributed by atoms with Gasteiger partial charge in [-0.3, -0.25) is 0 Å². The van der Waals surface area contributed by atoms with E-state index in [9.17, 15) is 5.11 Å². The highest BCUT2D eigenvalue weighted by atomic mass is 16.5. The minimum Gasteiger partial charge on any atom is -0.489 e. The van der Waals surface area contributed by atoms with E-state index < -0.39 is 12.2 Å². The van der Waals surface area contributed by atoms with Crippen LogP contribution >= 0.6 is 0 Å². The number of aromatic nitrogens is 2. The van der Waals surface area contributed by atoms with Crippen LogP contribution in [0.5, 0.6) is 17.2 Å². The SMILES string of the molecule is Cn1c(COc2ccc3c(c2)[C@@H](O)[C@@H](Oc2ccccc2)CO3)nc2ccccc21. The van der Waals surface area contributed by atoms with Crippen LogP contribution < -0.4 is 14.2 Å². The van der Waals surface area contributed by atoms with Crippen LogP contribution in [0.25, 0.3) is 11.0 Å². The molecule has 0 amide bonds. The van der Waals surface area contributed by atoms with Gasteiger partial charge in [-0.15, -0.1) is 0 Å². The lowest BCUT2D eigenvalue weighted by Crippen LogP contribution is -2.35.